The second kappa shape index (κ2) is 7.25. The lowest BCUT2D eigenvalue weighted by molar-refractivity contribution is -0.0549. The first-order chi connectivity index (χ1) is 12.4. The van der Waals surface area contributed by atoms with Crippen molar-refractivity contribution in [3.05, 3.63) is 46.8 Å². The van der Waals surface area contributed by atoms with Gasteiger partial charge in [0.2, 0.25) is 0 Å². The van der Waals surface area contributed by atoms with Crippen LogP contribution in [0.25, 0.3) is 0 Å². The van der Waals surface area contributed by atoms with E-state index >= 15 is 0 Å². The molecular formula is C15H18N4O7. The average molecular weight is 366 g/mol. The second-order valence-corrected chi connectivity index (χ2v) is 5.73. The normalized spacial score (nSPS) is 25.2. The molecule has 1 saturated heterocycles. The molecule has 0 amide bonds. The van der Waals surface area contributed by atoms with Gasteiger partial charge in [-0.05, 0) is 12.1 Å². The third-order valence-electron chi connectivity index (χ3n) is 4.02. The highest BCUT2D eigenvalue weighted by molar-refractivity contribution is 5.88. The molecule has 2 aromatic heterocycles. The molecule has 0 spiro atoms. The van der Waals surface area contributed by atoms with Crippen molar-refractivity contribution in [1.29, 1.82) is 0 Å². The van der Waals surface area contributed by atoms with Gasteiger partial charge >= 0.3 is 11.7 Å². The Balaban J connectivity index is 1.69. The zero-order valence-corrected chi connectivity index (χ0v) is 13.7. The molecule has 3 heterocycles. The zero-order valence-electron chi connectivity index (χ0n) is 13.7. The molecule has 0 aromatic carbocycles. The fraction of sp³-hybridized carbons (Fsp3) is 0.400. The van der Waals surface area contributed by atoms with Crippen LogP contribution < -0.4 is 11.2 Å². The first kappa shape index (κ1) is 18.1. The van der Waals surface area contributed by atoms with Gasteiger partial charge in [-0.3, -0.25) is 4.57 Å². The number of ether oxygens (including phenoxy) is 1. The Kier molecular flexibility index (Phi) is 5.04. The average Bonchev–Trinajstić information content (AvgIpc) is 3.17. The Labute approximate surface area is 147 Å². The number of anilines is 1. The summed E-state index contributed by atoms with van der Waals surface area (Å²) in [6.45, 7) is -0.508. The molecule has 0 saturated carbocycles. The van der Waals surface area contributed by atoms with Gasteiger partial charge in [0.1, 0.15) is 24.0 Å². The van der Waals surface area contributed by atoms with Crippen LogP contribution in [-0.2, 0) is 16.6 Å². The minimum absolute atomic E-state index is 0.0273. The molecule has 140 valence electrons. The molecule has 11 nitrogen and oxygen atoms in total. The number of aromatic nitrogens is 3. The highest BCUT2D eigenvalue weighted by Gasteiger charge is 2.43. The Hall–Kier alpha value is -2.73. The van der Waals surface area contributed by atoms with Gasteiger partial charge in [0.05, 0.1) is 6.61 Å². The zero-order chi connectivity index (χ0) is 18.8. The lowest BCUT2D eigenvalue weighted by Crippen LogP contribution is -2.36. The molecule has 11 heteroatoms. The third kappa shape index (κ3) is 3.32. The number of aliphatic hydroxyl groups excluding tert-OH is 3. The van der Waals surface area contributed by atoms with Crippen LogP contribution in [0.4, 0.5) is 5.82 Å². The minimum Gasteiger partial charge on any atom is -0.394 e. The SMILES string of the molecule is Cn1cccc1C(=O)ONc1ccn([C@@H]2O[C@H](CO)[C@@H](O)[C@H]2O)c(=O)n1. The molecule has 26 heavy (non-hydrogen) atoms. The topological polar surface area (TPSA) is 148 Å². The molecule has 4 atom stereocenters. The van der Waals surface area contributed by atoms with Crippen molar-refractivity contribution in [2.45, 2.75) is 24.5 Å². The molecule has 0 aliphatic carbocycles. The molecular weight excluding hydrogens is 348 g/mol. The summed E-state index contributed by atoms with van der Waals surface area (Å²) in [6.07, 6.45) is -2.00. The van der Waals surface area contributed by atoms with Crippen LogP contribution in [0.1, 0.15) is 16.7 Å². The Morgan fingerprint density at radius 1 is 1.35 bits per heavy atom. The van der Waals surface area contributed by atoms with Crippen molar-refractivity contribution < 1.29 is 29.7 Å². The maximum atomic E-state index is 12.1. The maximum Gasteiger partial charge on any atom is 0.379 e. The predicted molar refractivity (Wildman–Crippen MR) is 86.0 cm³/mol. The van der Waals surface area contributed by atoms with Gasteiger partial charge < -0.3 is 29.5 Å². The summed E-state index contributed by atoms with van der Waals surface area (Å²) in [5.74, 6) is -0.688. The quantitative estimate of drug-likeness (QED) is 0.458. The van der Waals surface area contributed by atoms with Crippen molar-refractivity contribution in [3.63, 3.8) is 0 Å². The van der Waals surface area contributed by atoms with Crippen molar-refractivity contribution in [2.24, 2.45) is 7.05 Å². The number of hydrogen-bond donors (Lipinski definition) is 4. The number of hydrogen-bond acceptors (Lipinski definition) is 9. The predicted octanol–water partition coefficient (Wildman–Crippen LogP) is -1.62. The largest absolute Gasteiger partial charge is 0.394 e. The van der Waals surface area contributed by atoms with E-state index < -0.39 is 42.8 Å². The summed E-state index contributed by atoms with van der Waals surface area (Å²) in [6, 6.07) is 4.57. The minimum atomic E-state index is -1.40. The molecule has 1 aliphatic heterocycles. The van der Waals surface area contributed by atoms with Crippen molar-refractivity contribution >= 4 is 11.8 Å². The second-order valence-electron chi connectivity index (χ2n) is 5.73. The van der Waals surface area contributed by atoms with E-state index in [0.29, 0.717) is 5.69 Å². The summed E-state index contributed by atoms with van der Waals surface area (Å²) >= 11 is 0. The fourth-order valence-electron chi connectivity index (χ4n) is 2.60. The summed E-state index contributed by atoms with van der Waals surface area (Å²) in [4.78, 5) is 32.6. The standard InChI is InChI=1S/C15H18N4O7/c1-18-5-2-3-8(18)14(23)26-17-10-4-6-19(15(24)16-10)13-12(22)11(21)9(7-20)25-13/h2-6,9,11-13,20-22H,7H2,1H3,(H,16,17,24)/t9-,11-,12-,13-/m1/s1. The third-order valence-corrected chi connectivity index (χ3v) is 4.02. The first-order valence-electron chi connectivity index (χ1n) is 7.72. The van der Waals surface area contributed by atoms with E-state index in [4.69, 9.17) is 14.7 Å². The molecule has 0 unspecified atom stereocenters. The smallest absolute Gasteiger partial charge is 0.379 e. The van der Waals surface area contributed by atoms with Crippen molar-refractivity contribution in [2.75, 3.05) is 12.1 Å². The van der Waals surface area contributed by atoms with Crippen molar-refractivity contribution in [1.82, 2.24) is 14.1 Å². The molecule has 1 fully saturated rings. The lowest BCUT2D eigenvalue weighted by atomic mass is 10.1. The van der Waals surface area contributed by atoms with E-state index in [9.17, 15) is 19.8 Å². The van der Waals surface area contributed by atoms with E-state index in [2.05, 4.69) is 10.5 Å². The van der Waals surface area contributed by atoms with Crippen LogP contribution in [0.3, 0.4) is 0 Å². The number of aryl methyl sites for hydroxylation is 1. The lowest BCUT2D eigenvalue weighted by Gasteiger charge is -2.17. The summed E-state index contributed by atoms with van der Waals surface area (Å²) in [5.41, 5.74) is 1.78. The number of carbonyl (C=O) groups is 1. The van der Waals surface area contributed by atoms with Gasteiger partial charge in [0, 0.05) is 25.5 Å². The van der Waals surface area contributed by atoms with Gasteiger partial charge in [0.15, 0.2) is 12.0 Å². The van der Waals surface area contributed by atoms with Crippen LogP contribution in [0.5, 0.6) is 0 Å². The van der Waals surface area contributed by atoms with E-state index in [-0.39, 0.29) is 5.82 Å². The van der Waals surface area contributed by atoms with Crippen LogP contribution in [0.2, 0.25) is 0 Å². The maximum absolute atomic E-state index is 12.1. The van der Waals surface area contributed by atoms with Crippen LogP contribution in [0, 0.1) is 0 Å². The van der Waals surface area contributed by atoms with E-state index in [0.717, 1.165) is 4.57 Å². The van der Waals surface area contributed by atoms with E-state index in [1.807, 2.05) is 0 Å². The summed E-state index contributed by atoms with van der Waals surface area (Å²) in [7, 11) is 1.68. The summed E-state index contributed by atoms with van der Waals surface area (Å²) < 4.78 is 7.80. The highest BCUT2D eigenvalue weighted by Crippen LogP contribution is 2.28. The molecule has 0 radical (unpaired) electrons. The molecule has 0 bridgehead atoms. The van der Waals surface area contributed by atoms with Gasteiger partial charge in [-0.15, -0.1) is 0 Å². The van der Waals surface area contributed by atoms with Crippen LogP contribution in [-0.4, -0.2) is 60.3 Å². The summed E-state index contributed by atoms with van der Waals surface area (Å²) in [5, 5.41) is 28.8. The van der Waals surface area contributed by atoms with Crippen molar-refractivity contribution in [3.8, 4) is 0 Å². The first-order valence-corrected chi connectivity index (χ1v) is 7.72. The number of aliphatic hydroxyl groups is 3. The number of nitrogens with one attached hydrogen (secondary N) is 1. The van der Waals surface area contributed by atoms with Gasteiger partial charge in [-0.25, -0.2) is 9.59 Å². The number of rotatable bonds is 5. The monoisotopic (exact) mass is 366 g/mol. The number of carbonyl (C=O) groups excluding carboxylic acids is 1. The van der Waals surface area contributed by atoms with Gasteiger partial charge in [0.25, 0.3) is 0 Å². The number of nitrogens with zero attached hydrogens (tertiary/aromatic N) is 3. The van der Waals surface area contributed by atoms with E-state index in [1.54, 1.807) is 29.9 Å². The highest BCUT2D eigenvalue weighted by atomic mass is 16.7. The Bertz CT molecular complexity index is 849. The van der Waals surface area contributed by atoms with Gasteiger partial charge in [-0.2, -0.15) is 10.5 Å². The Morgan fingerprint density at radius 2 is 2.12 bits per heavy atom. The fourth-order valence-corrected chi connectivity index (χ4v) is 2.60. The molecule has 3 rings (SSSR count). The van der Waals surface area contributed by atoms with Crippen LogP contribution >= 0.6 is 0 Å². The van der Waals surface area contributed by atoms with Gasteiger partial charge in [-0.1, -0.05) is 0 Å². The molecule has 4 N–H and O–H groups in total. The van der Waals surface area contributed by atoms with Crippen LogP contribution in [0.15, 0.2) is 35.4 Å². The molecule has 1 aliphatic rings. The molecule has 2 aromatic rings. The van der Waals surface area contributed by atoms with E-state index in [1.165, 1.54) is 12.3 Å². The Morgan fingerprint density at radius 3 is 2.69 bits per heavy atom.